The van der Waals surface area contributed by atoms with Crippen molar-refractivity contribution in [2.45, 2.75) is 13.5 Å². The van der Waals surface area contributed by atoms with Gasteiger partial charge in [0.15, 0.2) is 5.82 Å². The van der Waals surface area contributed by atoms with Gasteiger partial charge in [-0.2, -0.15) is 5.26 Å². The van der Waals surface area contributed by atoms with Gasteiger partial charge in [0.05, 0.1) is 5.56 Å². The molecule has 6 nitrogen and oxygen atoms in total. The number of hydrogen-bond acceptors (Lipinski definition) is 6. The molecule has 0 saturated carbocycles. The summed E-state index contributed by atoms with van der Waals surface area (Å²) in [4.78, 5) is 9.33. The Bertz CT molecular complexity index is 770. The molecule has 0 amide bonds. The number of rotatable bonds is 4. The first kappa shape index (κ1) is 17.2. The van der Waals surface area contributed by atoms with Crippen LogP contribution in [0.25, 0.3) is 0 Å². The van der Waals surface area contributed by atoms with Gasteiger partial charge in [0.25, 0.3) is 0 Å². The van der Waals surface area contributed by atoms with Crippen molar-refractivity contribution >= 4 is 17.3 Å². The normalized spacial score (nSPS) is 15.0. The minimum atomic E-state index is 0.514. The molecule has 1 aromatic carbocycles. The van der Waals surface area contributed by atoms with Crippen LogP contribution >= 0.6 is 0 Å². The Labute approximate surface area is 148 Å². The van der Waals surface area contributed by atoms with Crippen molar-refractivity contribution in [3.8, 4) is 6.07 Å². The molecule has 1 fully saturated rings. The third kappa shape index (κ3) is 3.90. The fourth-order valence-electron chi connectivity index (χ4n) is 2.95. The quantitative estimate of drug-likeness (QED) is 0.891. The standard InChI is InChI=1S/C19H24N6/c1-14-11-18(25-9-7-24(2)8-10-25)23-19(17(14)13-21)22-16-5-3-15(12-20)4-6-16/h3-6,11H,7-10,12,20H2,1-2H3,(H,22,23). The zero-order chi connectivity index (χ0) is 17.8. The smallest absolute Gasteiger partial charge is 0.151 e. The summed E-state index contributed by atoms with van der Waals surface area (Å²) in [6.07, 6.45) is 0. The van der Waals surface area contributed by atoms with Gasteiger partial charge < -0.3 is 20.9 Å². The summed E-state index contributed by atoms with van der Waals surface area (Å²) in [6.45, 7) is 6.40. The molecule has 3 N–H and O–H groups in total. The predicted octanol–water partition coefficient (Wildman–Crippen LogP) is 2.22. The minimum Gasteiger partial charge on any atom is -0.354 e. The molecule has 3 rings (SSSR count). The molecule has 0 bridgehead atoms. The molecular weight excluding hydrogens is 312 g/mol. The van der Waals surface area contributed by atoms with Gasteiger partial charge in [-0.15, -0.1) is 0 Å². The SMILES string of the molecule is Cc1cc(N2CCN(C)CC2)nc(Nc2ccc(CN)cc2)c1C#N. The van der Waals surface area contributed by atoms with Crippen molar-refractivity contribution in [1.29, 1.82) is 5.26 Å². The van der Waals surface area contributed by atoms with E-state index in [2.05, 4.69) is 28.2 Å². The molecule has 25 heavy (non-hydrogen) atoms. The van der Waals surface area contributed by atoms with Crippen molar-refractivity contribution in [3.05, 3.63) is 47.0 Å². The first-order chi connectivity index (χ1) is 12.1. The van der Waals surface area contributed by atoms with Crippen LogP contribution in [-0.4, -0.2) is 43.1 Å². The van der Waals surface area contributed by atoms with Gasteiger partial charge in [0.2, 0.25) is 0 Å². The Morgan fingerprint density at radius 1 is 1.20 bits per heavy atom. The van der Waals surface area contributed by atoms with Crippen LogP contribution in [0.3, 0.4) is 0 Å². The number of nitriles is 1. The summed E-state index contributed by atoms with van der Waals surface area (Å²) >= 11 is 0. The van der Waals surface area contributed by atoms with Crippen molar-refractivity contribution in [2.75, 3.05) is 43.4 Å². The Morgan fingerprint density at radius 2 is 1.88 bits per heavy atom. The average Bonchev–Trinajstić information content (AvgIpc) is 2.63. The zero-order valence-electron chi connectivity index (χ0n) is 14.8. The number of aromatic nitrogens is 1. The van der Waals surface area contributed by atoms with Gasteiger partial charge in [-0.1, -0.05) is 12.1 Å². The zero-order valence-corrected chi connectivity index (χ0v) is 14.8. The van der Waals surface area contributed by atoms with Crippen LogP contribution in [0.4, 0.5) is 17.3 Å². The lowest BCUT2D eigenvalue weighted by Gasteiger charge is -2.33. The van der Waals surface area contributed by atoms with E-state index in [1.807, 2.05) is 37.3 Å². The van der Waals surface area contributed by atoms with E-state index < -0.39 is 0 Å². The van der Waals surface area contributed by atoms with E-state index in [-0.39, 0.29) is 0 Å². The van der Waals surface area contributed by atoms with Crippen LogP contribution < -0.4 is 16.0 Å². The van der Waals surface area contributed by atoms with E-state index in [1.165, 1.54) is 0 Å². The van der Waals surface area contributed by atoms with Gasteiger partial charge in [-0.25, -0.2) is 4.98 Å². The summed E-state index contributed by atoms with van der Waals surface area (Å²) < 4.78 is 0. The summed E-state index contributed by atoms with van der Waals surface area (Å²) in [5, 5.41) is 12.8. The summed E-state index contributed by atoms with van der Waals surface area (Å²) in [5.74, 6) is 1.53. The third-order valence-corrected chi connectivity index (χ3v) is 4.59. The number of benzene rings is 1. The van der Waals surface area contributed by atoms with E-state index in [9.17, 15) is 5.26 Å². The largest absolute Gasteiger partial charge is 0.354 e. The lowest BCUT2D eigenvalue weighted by Crippen LogP contribution is -2.44. The summed E-state index contributed by atoms with van der Waals surface area (Å²) in [5.41, 5.74) is 9.14. The number of nitrogens with two attached hydrogens (primary N) is 1. The van der Waals surface area contributed by atoms with E-state index in [1.54, 1.807) is 0 Å². The second-order valence-corrected chi connectivity index (χ2v) is 6.45. The Morgan fingerprint density at radius 3 is 2.48 bits per heavy atom. The maximum Gasteiger partial charge on any atom is 0.151 e. The highest BCUT2D eigenvalue weighted by molar-refractivity contribution is 5.67. The number of nitrogens with zero attached hydrogens (tertiary/aromatic N) is 4. The average molecular weight is 336 g/mol. The molecular formula is C19H24N6. The number of aryl methyl sites for hydroxylation is 1. The molecule has 0 atom stereocenters. The molecule has 1 aliphatic rings. The Balaban J connectivity index is 1.89. The van der Waals surface area contributed by atoms with E-state index >= 15 is 0 Å². The van der Waals surface area contributed by atoms with Crippen LogP contribution in [0, 0.1) is 18.3 Å². The van der Waals surface area contributed by atoms with Crippen LogP contribution in [-0.2, 0) is 6.54 Å². The van der Waals surface area contributed by atoms with Gasteiger partial charge >= 0.3 is 0 Å². The van der Waals surface area contributed by atoms with Crippen LogP contribution in [0.2, 0.25) is 0 Å². The molecule has 1 saturated heterocycles. The van der Waals surface area contributed by atoms with Gasteiger partial charge in [-0.3, -0.25) is 0 Å². The topological polar surface area (TPSA) is 81.2 Å². The lowest BCUT2D eigenvalue weighted by atomic mass is 10.1. The Kier molecular flexibility index (Phi) is 5.17. The van der Waals surface area contributed by atoms with E-state index in [0.717, 1.165) is 48.8 Å². The number of likely N-dealkylation sites (N-methyl/N-ethyl adjacent to an activating group) is 1. The minimum absolute atomic E-state index is 0.514. The molecule has 0 spiro atoms. The highest BCUT2D eigenvalue weighted by Crippen LogP contribution is 2.26. The molecule has 2 aromatic rings. The summed E-state index contributed by atoms with van der Waals surface area (Å²) in [7, 11) is 2.13. The molecule has 2 heterocycles. The summed E-state index contributed by atoms with van der Waals surface area (Å²) in [6, 6.07) is 12.2. The Hall–Kier alpha value is -2.62. The first-order valence-electron chi connectivity index (χ1n) is 8.52. The highest BCUT2D eigenvalue weighted by atomic mass is 15.3. The second kappa shape index (κ2) is 7.51. The number of piperazine rings is 1. The molecule has 0 radical (unpaired) electrons. The highest BCUT2D eigenvalue weighted by Gasteiger charge is 2.18. The maximum atomic E-state index is 9.53. The van der Waals surface area contributed by atoms with Gasteiger partial charge in [-0.05, 0) is 43.3 Å². The van der Waals surface area contributed by atoms with Crippen molar-refractivity contribution in [2.24, 2.45) is 5.73 Å². The number of hydrogen-bond donors (Lipinski definition) is 2. The molecule has 0 aliphatic carbocycles. The van der Waals surface area contributed by atoms with Gasteiger partial charge in [0, 0.05) is 38.4 Å². The molecule has 6 heteroatoms. The monoisotopic (exact) mass is 336 g/mol. The molecule has 1 aliphatic heterocycles. The fraction of sp³-hybridized carbons (Fsp3) is 0.368. The van der Waals surface area contributed by atoms with Crippen LogP contribution in [0.5, 0.6) is 0 Å². The predicted molar refractivity (Wildman–Crippen MR) is 101 cm³/mol. The fourth-order valence-corrected chi connectivity index (χ4v) is 2.95. The lowest BCUT2D eigenvalue weighted by molar-refractivity contribution is 0.312. The van der Waals surface area contributed by atoms with E-state index in [0.29, 0.717) is 17.9 Å². The molecule has 130 valence electrons. The number of nitrogens with one attached hydrogen (secondary N) is 1. The van der Waals surface area contributed by atoms with Crippen LogP contribution in [0.15, 0.2) is 30.3 Å². The number of anilines is 3. The second-order valence-electron chi connectivity index (χ2n) is 6.45. The van der Waals surface area contributed by atoms with Crippen molar-refractivity contribution in [3.63, 3.8) is 0 Å². The van der Waals surface area contributed by atoms with E-state index in [4.69, 9.17) is 10.7 Å². The maximum absolute atomic E-state index is 9.53. The number of pyridine rings is 1. The molecule has 0 unspecified atom stereocenters. The molecule has 1 aromatic heterocycles. The van der Waals surface area contributed by atoms with Crippen LogP contribution in [0.1, 0.15) is 16.7 Å². The van der Waals surface area contributed by atoms with Crippen molar-refractivity contribution < 1.29 is 0 Å². The van der Waals surface area contributed by atoms with Crippen molar-refractivity contribution in [1.82, 2.24) is 9.88 Å². The van der Waals surface area contributed by atoms with Gasteiger partial charge in [0.1, 0.15) is 11.9 Å². The first-order valence-corrected chi connectivity index (χ1v) is 8.52. The third-order valence-electron chi connectivity index (χ3n) is 4.59.